The SMILES string of the molecule is CC(C)(C)c1[nH]oc2cc(N3CCC(CN4CCC(C(C)(C)C)CC4)C3)c3nccc3c12. The number of anilines is 1. The quantitative estimate of drug-likeness (QED) is 0.532. The molecular weight excluding hydrogens is 396 g/mol. The van der Waals surface area contributed by atoms with E-state index < -0.39 is 0 Å². The lowest BCUT2D eigenvalue weighted by atomic mass is 9.75. The molecule has 0 amide bonds. The Labute approximate surface area is 192 Å². The summed E-state index contributed by atoms with van der Waals surface area (Å²) in [6.07, 6.45) is 5.90. The van der Waals surface area contributed by atoms with E-state index in [-0.39, 0.29) is 5.41 Å². The smallest absolute Gasteiger partial charge is 0.166 e. The number of aromatic nitrogens is 2. The monoisotopic (exact) mass is 436 g/mol. The van der Waals surface area contributed by atoms with Crippen molar-refractivity contribution in [2.75, 3.05) is 37.6 Å². The number of piperidine rings is 1. The van der Waals surface area contributed by atoms with Gasteiger partial charge in [0.25, 0.3) is 0 Å². The summed E-state index contributed by atoms with van der Waals surface area (Å²) in [6.45, 7) is 19.8. The third kappa shape index (κ3) is 3.93. The van der Waals surface area contributed by atoms with E-state index in [1.54, 1.807) is 0 Å². The molecule has 4 heterocycles. The van der Waals surface area contributed by atoms with E-state index in [2.05, 4.69) is 68.6 Å². The molecule has 2 saturated heterocycles. The summed E-state index contributed by atoms with van der Waals surface area (Å²) in [7, 11) is 0. The number of nitrogens with zero attached hydrogens (tertiary/aromatic N) is 3. The van der Waals surface area contributed by atoms with E-state index >= 15 is 0 Å². The van der Waals surface area contributed by atoms with Gasteiger partial charge in [-0.05, 0) is 55.7 Å². The van der Waals surface area contributed by atoms with Crippen molar-refractivity contribution in [1.29, 1.82) is 0 Å². The highest BCUT2D eigenvalue weighted by molar-refractivity contribution is 6.11. The van der Waals surface area contributed by atoms with Gasteiger partial charge in [0, 0.05) is 42.7 Å². The molecule has 0 saturated carbocycles. The van der Waals surface area contributed by atoms with Crippen molar-refractivity contribution >= 4 is 27.6 Å². The zero-order valence-electron chi connectivity index (χ0n) is 20.8. The Bertz CT molecular complexity index is 1090. The van der Waals surface area contributed by atoms with Crippen LogP contribution in [-0.2, 0) is 5.41 Å². The fraction of sp³-hybridized carbons (Fsp3) is 0.667. The average Bonchev–Trinajstić information content (AvgIpc) is 3.45. The van der Waals surface area contributed by atoms with Crippen LogP contribution in [-0.4, -0.2) is 47.8 Å². The summed E-state index contributed by atoms with van der Waals surface area (Å²) >= 11 is 0. The maximum absolute atomic E-state index is 5.95. The van der Waals surface area contributed by atoms with Crippen molar-refractivity contribution in [2.24, 2.45) is 17.3 Å². The highest BCUT2D eigenvalue weighted by Gasteiger charge is 2.32. The molecule has 5 heteroatoms. The molecule has 2 aromatic heterocycles. The minimum Gasteiger partial charge on any atom is -0.382 e. The van der Waals surface area contributed by atoms with Gasteiger partial charge in [-0.3, -0.25) is 4.98 Å². The minimum atomic E-state index is -0.00382. The van der Waals surface area contributed by atoms with Crippen LogP contribution in [0.2, 0.25) is 0 Å². The Morgan fingerprint density at radius 3 is 2.50 bits per heavy atom. The third-order valence-electron chi connectivity index (χ3n) is 7.94. The van der Waals surface area contributed by atoms with Crippen LogP contribution in [0.3, 0.4) is 0 Å². The lowest BCUT2D eigenvalue weighted by Gasteiger charge is -2.39. The third-order valence-corrected chi connectivity index (χ3v) is 7.94. The number of likely N-dealkylation sites (tertiary alicyclic amines) is 1. The molecule has 32 heavy (non-hydrogen) atoms. The molecule has 174 valence electrons. The fourth-order valence-electron chi connectivity index (χ4n) is 5.95. The average molecular weight is 437 g/mol. The van der Waals surface area contributed by atoms with Crippen molar-refractivity contribution in [3.8, 4) is 0 Å². The van der Waals surface area contributed by atoms with Crippen LogP contribution in [0.25, 0.3) is 21.9 Å². The van der Waals surface area contributed by atoms with Gasteiger partial charge in [-0.15, -0.1) is 0 Å². The molecule has 5 nitrogen and oxygen atoms in total. The molecular formula is C27H40N4O. The Morgan fingerprint density at radius 2 is 1.81 bits per heavy atom. The highest BCUT2D eigenvalue weighted by atomic mass is 16.5. The van der Waals surface area contributed by atoms with Gasteiger partial charge in [-0.1, -0.05) is 41.5 Å². The van der Waals surface area contributed by atoms with Crippen molar-refractivity contribution < 1.29 is 4.52 Å². The lowest BCUT2D eigenvalue weighted by Crippen LogP contribution is -2.40. The first-order chi connectivity index (χ1) is 15.1. The topological polar surface area (TPSA) is 48.3 Å². The predicted molar refractivity (Wildman–Crippen MR) is 134 cm³/mol. The van der Waals surface area contributed by atoms with Gasteiger partial charge in [0.15, 0.2) is 5.58 Å². The molecule has 2 fully saturated rings. The van der Waals surface area contributed by atoms with Crippen LogP contribution in [0, 0.1) is 17.3 Å². The first-order valence-electron chi connectivity index (χ1n) is 12.5. The summed E-state index contributed by atoms with van der Waals surface area (Å²) in [5, 5.41) is 5.60. The number of aromatic amines is 1. The van der Waals surface area contributed by atoms with Crippen LogP contribution in [0.1, 0.15) is 66.5 Å². The molecule has 1 unspecified atom stereocenters. The zero-order valence-corrected chi connectivity index (χ0v) is 20.8. The van der Waals surface area contributed by atoms with E-state index in [9.17, 15) is 0 Å². The van der Waals surface area contributed by atoms with E-state index in [4.69, 9.17) is 9.51 Å². The summed E-state index contributed by atoms with van der Waals surface area (Å²) in [6, 6.07) is 4.36. The van der Waals surface area contributed by atoms with Crippen LogP contribution in [0.15, 0.2) is 22.9 Å². The largest absolute Gasteiger partial charge is 0.382 e. The Morgan fingerprint density at radius 1 is 1.06 bits per heavy atom. The van der Waals surface area contributed by atoms with E-state index in [0.717, 1.165) is 41.7 Å². The molecule has 1 aromatic carbocycles. The van der Waals surface area contributed by atoms with Gasteiger partial charge in [0.05, 0.1) is 22.3 Å². The van der Waals surface area contributed by atoms with Crippen molar-refractivity contribution in [2.45, 2.75) is 66.2 Å². The van der Waals surface area contributed by atoms with Crippen LogP contribution in [0.4, 0.5) is 5.69 Å². The maximum atomic E-state index is 5.95. The summed E-state index contributed by atoms with van der Waals surface area (Å²) in [5.74, 6) is 1.60. The van der Waals surface area contributed by atoms with E-state index in [0.29, 0.717) is 5.41 Å². The second-order valence-electron chi connectivity index (χ2n) is 12.3. The minimum absolute atomic E-state index is 0.00382. The highest BCUT2D eigenvalue weighted by Crippen LogP contribution is 2.40. The summed E-state index contributed by atoms with van der Waals surface area (Å²) in [4.78, 5) is 10.0. The molecule has 0 aliphatic carbocycles. The second-order valence-corrected chi connectivity index (χ2v) is 12.3. The first-order valence-corrected chi connectivity index (χ1v) is 12.5. The number of rotatable bonds is 3. The van der Waals surface area contributed by atoms with Gasteiger partial charge in [0.2, 0.25) is 0 Å². The fourth-order valence-corrected chi connectivity index (χ4v) is 5.95. The van der Waals surface area contributed by atoms with Gasteiger partial charge >= 0.3 is 0 Å². The molecule has 5 rings (SSSR count). The second kappa shape index (κ2) is 7.79. The number of fused-ring (bicyclic) bond motifs is 3. The van der Waals surface area contributed by atoms with Gasteiger partial charge in [0.1, 0.15) is 0 Å². The summed E-state index contributed by atoms with van der Waals surface area (Å²) in [5.41, 5.74) is 4.88. The maximum Gasteiger partial charge on any atom is 0.166 e. The number of benzene rings is 1. The number of hydrogen-bond donors (Lipinski definition) is 1. The lowest BCUT2D eigenvalue weighted by molar-refractivity contribution is 0.103. The molecule has 2 aliphatic rings. The van der Waals surface area contributed by atoms with E-state index in [1.165, 1.54) is 55.4 Å². The molecule has 1 N–H and O–H groups in total. The van der Waals surface area contributed by atoms with Crippen LogP contribution >= 0.6 is 0 Å². The molecule has 0 spiro atoms. The van der Waals surface area contributed by atoms with E-state index in [1.807, 2.05) is 6.20 Å². The number of nitrogens with one attached hydrogen (secondary N) is 1. The van der Waals surface area contributed by atoms with Crippen molar-refractivity contribution in [3.63, 3.8) is 0 Å². The van der Waals surface area contributed by atoms with Crippen LogP contribution < -0.4 is 4.90 Å². The van der Waals surface area contributed by atoms with Crippen molar-refractivity contribution in [1.82, 2.24) is 15.0 Å². The van der Waals surface area contributed by atoms with Gasteiger partial charge in [-0.25, -0.2) is 5.16 Å². The predicted octanol–water partition coefficient (Wildman–Crippen LogP) is 6.19. The molecule has 1 atom stereocenters. The van der Waals surface area contributed by atoms with Gasteiger partial charge < -0.3 is 14.3 Å². The zero-order chi connectivity index (χ0) is 22.7. The molecule has 0 bridgehead atoms. The number of hydrogen-bond acceptors (Lipinski definition) is 4. The van der Waals surface area contributed by atoms with Crippen LogP contribution in [0.5, 0.6) is 0 Å². The summed E-state index contributed by atoms with van der Waals surface area (Å²) < 4.78 is 5.95. The Hall–Kier alpha value is -2.01. The molecule has 0 radical (unpaired) electrons. The first kappa shape index (κ1) is 21.8. The standard InChI is InChI=1S/C27H40N4O/c1-26(2,3)19-9-12-30(13-10-19)16-18-8-14-31(17-18)21-15-22-23(20-7-11-28-24(20)21)25(29-32-22)27(4,5)6/h7,11,15,18-19,29H,8-10,12-14,16-17H2,1-6H3. The number of H-pyrrole nitrogens is 1. The molecule has 3 aromatic rings. The normalized spacial score (nSPS) is 21.9. The molecule has 2 aliphatic heterocycles. The van der Waals surface area contributed by atoms with Crippen molar-refractivity contribution in [3.05, 3.63) is 24.0 Å². The van der Waals surface area contributed by atoms with Gasteiger partial charge in [-0.2, -0.15) is 0 Å². The Kier molecular flexibility index (Phi) is 5.31. The Balaban J connectivity index is 1.32.